The molecule has 0 radical (unpaired) electrons. The average Bonchev–Trinajstić information content (AvgIpc) is 2.30. The van der Waals surface area contributed by atoms with Crippen molar-refractivity contribution in [2.45, 2.75) is 33.2 Å². The number of rotatable bonds is 5. The fourth-order valence-corrected chi connectivity index (χ4v) is 1.94. The molecule has 0 saturated heterocycles. The highest BCUT2D eigenvalue weighted by atomic mass is 19.1. The lowest BCUT2D eigenvalue weighted by Crippen LogP contribution is -2.34. The van der Waals surface area contributed by atoms with Crippen LogP contribution in [0.5, 0.6) is 0 Å². The molecular weight excluding hydrogens is 215 g/mol. The van der Waals surface area contributed by atoms with Crippen molar-refractivity contribution < 1.29 is 4.39 Å². The molecule has 0 bridgehead atoms. The second kappa shape index (κ2) is 6.01. The number of nitrogens with zero attached hydrogens (tertiary/aromatic N) is 1. The van der Waals surface area contributed by atoms with Gasteiger partial charge in [0.1, 0.15) is 5.82 Å². The monoisotopic (exact) mass is 238 g/mol. The lowest BCUT2D eigenvalue weighted by Gasteiger charge is -2.31. The highest BCUT2D eigenvalue weighted by Gasteiger charge is 2.17. The second-order valence-corrected chi connectivity index (χ2v) is 4.87. The van der Waals surface area contributed by atoms with Gasteiger partial charge in [0.2, 0.25) is 0 Å². The summed E-state index contributed by atoms with van der Waals surface area (Å²) in [5.74, 6) is 0.366. The van der Waals surface area contributed by atoms with E-state index < -0.39 is 0 Å². The number of halogens is 1. The molecule has 1 rings (SSSR count). The smallest absolute Gasteiger partial charge is 0.128 e. The Morgan fingerprint density at radius 1 is 1.29 bits per heavy atom. The molecule has 2 nitrogen and oxygen atoms in total. The van der Waals surface area contributed by atoms with Gasteiger partial charge in [-0.15, -0.1) is 0 Å². The molecule has 0 spiro atoms. The Morgan fingerprint density at radius 3 is 2.47 bits per heavy atom. The molecule has 0 saturated carbocycles. The summed E-state index contributed by atoms with van der Waals surface area (Å²) in [4.78, 5) is 2.14. The van der Waals surface area contributed by atoms with Crippen molar-refractivity contribution in [1.82, 2.24) is 0 Å². The largest absolute Gasteiger partial charge is 0.371 e. The van der Waals surface area contributed by atoms with E-state index in [9.17, 15) is 4.39 Å². The number of hydrogen-bond acceptors (Lipinski definition) is 2. The van der Waals surface area contributed by atoms with E-state index in [1.54, 1.807) is 6.07 Å². The highest BCUT2D eigenvalue weighted by Crippen LogP contribution is 2.26. The molecule has 17 heavy (non-hydrogen) atoms. The Bertz CT molecular complexity index is 363. The van der Waals surface area contributed by atoms with E-state index in [-0.39, 0.29) is 5.82 Å². The van der Waals surface area contributed by atoms with Crippen molar-refractivity contribution >= 4 is 5.69 Å². The van der Waals surface area contributed by atoms with Gasteiger partial charge in [0.15, 0.2) is 0 Å². The summed E-state index contributed by atoms with van der Waals surface area (Å²) in [5.41, 5.74) is 7.23. The molecule has 0 heterocycles. The highest BCUT2D eigenvalue weighted by molar-refractivity contribution is 5.54. The Balaban J connectivity index is 3.07. The predicted molar refractivity (Wildman–Crippen MR) is 71.9 cm³/mol. The molecule has 0 amide bonds. The summed E-state index contributed by atoms with van der Waals surface area (Å²) in [6.07, 6.45) is 0.581. The lowest BCUT2D eigenvalue weighted by molar-refractivity contribution is 0.503. The summed E-state index contributed by atoms with van der Waals surface area (Å²) in [7, 11) is 2.01. The zero-order valence-corrected chi connectivity index (χ0v) is 11.2. The summed E-state index contributed by atoms with van der Waals surface area (Å²) < 4.78 is 13.8. The number of hydrogen-bond donors (Lipinski definition) is 1. The van der Waals surface area contributed by atoms with E-state index in [0.717, 1.165) is 11.3 Å². The van der Waals surface area contributed by atoms with Crippen molar-refractivity contribution in [1.29, 1.82) is 0 Å². The van der Waals surface area contributed by atoms with Gasteiger partial charge in [-0.25, -0.2) is 4.39 Å². The van der Waals surface area contributed by atoms with Gasteiger partial charge in [-0.2, -0.15) is 0 Å². The Morgan fingerprint density at radius 2 is 1.94 bits per heavy atom. The summed E-state index contributed by atoms with van der Waals surface area (Å²) in [6.45, 7) is 6.96. The first-order valence-electron chi connectivity index (χ1n) is 6.19. The van der Waals surface area contributed by atoms with Crippen molar-refractivity contribution in [3.63, 3.8) is 0 Å². The van der Waals surface area contributed by atoms with E-state index in [2.05, 4.69) is 25.7 Å². The molecule has 0 aliphatic carbocycles. The Kier molecular flexibility index (Phi) is 4.94. The van der Waals surface area contributed by atoms with Crippen molar-refractivity contribution in [2.75, 3.05) is 18.5 Å². The van der Waals surface area contributed by atoms with Gasteiger partial charge in [-0.3, -0.25) is 0 Å². The minimum atomic E-state index is -0.157. The van der Waals surface area contributed by atoms with Crippen LogP contribution in [0.1, 0.15) is 26.3 Å². The van der Waals surface area contributed by atoms with Gasteiger partial charge < -0.3 is 10.6 Å². The molecule has 0 aromatic heterocycles. The zero-order valence-electron chi connectivity index (χ0n) is 11.2. The molecule has 2 N–H and O–H groups in total. The molecule has 1 unspecified atom stereocenters. The number of anilines is 1. The summed E-state index contributed by atoms with van der Waals surface area (Å²) in [6, 6.07) is 5.59. The summed E-state index contributed by atoms with van der Waals surface area (Å²) >= 11 is 0. The minimum absolute atomic E-state index is 0.157. The van der Waals surface area contributed by atoms with Gasteiger partial charge in [-0.05, 0) is 37.9 Å². The maximum Gasteiger partial charge on any atom is 0.128 e. The predicted octanol–water partition coefficient (Wildman–Crippen LogP) is 2.81. The van der Waals surface area contributed by atoms with Gasteiger partial charge in [0, 0.05) is 24.3 Å². The normalized spacial score (nSPS) is 12.9. The second-order valence-electron chi connectivity index (χ2n) is 4.87. The molecule has 0 aliphatic rings. The third kappa shape index (κ3) is 3.19. The molecule has 1 atom stereocenters. The lowest BCUT2D eigenvalue weighted by atomic mass is 10.0. The van der Waals surface area contributed by atoms with Crippen LogP contribution in [0, 0.1) is 11.7 Å². The Hall–Kier alpha value is -1.09. The molecule has 0 aliphatic heterocycles. The van der Waals surface area contributed by atoms with Crippen LogP contribution in [0.15, 0.2) is 18.2 Å². The van der Waals surface area contributed by atoms with Crippen LogP contribution in [0.3, 0.4) is 0 Å². The first-order valence-corrected chi connectivity index (χ1v) is 6.19. The van der Waals surface area contributed by atoms with Crippen LogP contribution < -0.4 is 10.6 Å². The van der Waals surface area contributed by atoms with E-state index in [0.29, 0.717) is 24.9 Å². The van der Waals surface area contributed by atoms with E-state index >= 15 is 0 Å². The number of nitrogens with two attached hydrogens (primary N) is 1. The molecule has 3 heteroatoms. The fraction of sp³-hybridized carbons (Fsp3) is 0.571. The van der Waals surface area contributed by atoms with Crippen LogP contribution >= 0.6 is 0 Å². The van der Waals surface area contributed by atoms with E-state index in [1.165, 1.54) is 6.07 Å². The van der Waals surface area contributed by atoms with Gasteiger partial charge in [0.05, 0.1) is 0 Å². The van der Waals surface area contributed by atoms with Crippen molar-refractivity contribution in [3.05, 3.63) is 29.6 Å². The maximum absolute atomic E-state index is 13.8. The van der Waals surface area contributed by atoms with Crippen LogP contribution in [-0.2, 0) is 6.42 Å². The third-order valence-electron chi connectivity index (χ3n) is 3.44. The average molecular weight is 238 g/mol. The molecule has 96 valence electrons. The quantitative estimate of drug-likeness (QED) is 0.854. The zero-order chi connectivity index (χ0) is 13.0. The van der Waals surface area contributed by atoms with Crippen LogP contribution in [0.2, 0.25) is 0 Å². The first kappa shape index (κ1) is 14.0. The van der Waals surface area contributed by atoms with Crippen LogP contribution in [0.4, 0.5) is 10.1 Å². The standard InChI is InChI=1S/C14H23FN2/c1-10(2)11(3)17(4)14-7-5-6-13(15)12(14)8-9-16/h5-7,10-11H,8-9,16H2,1-4H3. The SMILES string of the molecule is CC(C)C(C)N(C)c1cccc(F)c1CCN. The van der Waals surface area contributed by atoms with Gasteiger partial charge >= 0.3 is 0 Å². The number of benzene rings is 1. The van der Waals surface area contributed by atoms with Crippen LogP contribution in [-0.4, -0.2) is 19.6 Å². The van der Waals surface area contributed by atoms with Gasteiger partial charge in [-0.1, -0.05) is 19.9 Å². The van der Waals surface area contributed by atoms with Crippen molar-refractivity contribution in [3.8, 4) is 0 Å². The van der Waals surface area contributed by atoms with E-state index in [1.807, 2.05) is 13.1 Å². The van der Waals surface area contributed by atoms with Crippen molar-refractivity contribution in [2.24, 2.45) is 11.7 Å². The topological polar surface area (TPSA) is 29.3 Å². The molecule has 0 fully saturated rings. The summed E-state index contributed by atoms with van der Waals surface area (Å²) in [5, 5.41) is 0. The molecular formula is C14H23FN2. The first-order chi connectivity index (χ1) is 7.99. The van der Waals surface area contributed by atoms with Gasteiger partial charge in [0.25, 0.3) is 0 Å². The van der Waals surface area contributed by atoms with E-state index in [4.69, 9.17) is 5.73 Å². The molecule has 1 aromatic rings. The molecule has 1 aromatic carbocycles. The maximum atomic E-state index is 13.8. The third-order valence-corrected chi connectivity index (χ3v) is 3.44. The minimum Gasteiger partial charge on any atom is -0.371 e. The Labute approximate surface area is 104 Å². The fourth-order valence-electron chi connectivity index (χ4n) is 1.94. The van der Waals surface area contributed by atoms with Crippen LogP contribution in [0.25, 0.3) is 0 Å².